The molecule has 5 nitrogen and oxygen atoms in total. The fraction of sp³-hybridized carbons (Fsp3) is 0.300. The van der Waals surface area contributed by atoms with E-state index in [2.05, 4.69) is 9.88 Å². The summed E-state index contributed by atoms with van der Waals surface area (Å²) in [7, 11) is 0. The molecule has 4 rings (SSSR count). The number of carbonyl (C=O) groups excluding carboxylic acids is 1. The quantitative estimate of drug-likeness (QED) is 0.770. The Kier molecular flexibility index (Phi) is 4.24. The van der Waals surface area contributed by atoms with Crippen molar-refractivity contribution >= 4 is 16.9 Å². The zero-order valence-corrected chi connectivity index (χ0v) is 14.1. The van der Waals surface area contributed by atoms with Gasteiger partial charge in [0.05, 0.1) is 11.0 Å². The Balaban J connectivity index is 1.60. The molecule has 2 atom stereocenters. The number of nitrogens with zero attached hydrogens (tertiary/aromatic N) is 2. The number of primary amides is 1. The number of hydrogen-bond acceptors (Lipinski definition) is 3. The molecule has 0 spiro atoms. The van der Waals surface area contributed by atoms with Gasteiger partial charge in [0.25, 0.3) is 0 Å². The summed E-state index contributed by atoms with van der Waals surface area (Å²) in [4.78, 5) is 22.5. The third kappa shape index (κ3) is 3.15. The lowest BCUT2D eigenvalue weighted by Crippen LogP contribution is -2.43. The van der Waals surface area contributed by atoms with Crippen LogP contribution in [0.4, 0.5) is 0 Å². The summed E-state index contributed by atoms with van der Waals surface area (Å²) in [6.45, 7) is 1.65. The number of amides is 1. The van der Waals surface area contributed by atoms with E-state index in [0.29, 0.717) is 0 Å². The topological polar surface area (TPSA) is 75.0 Å². The van der Waals surface area contributed by atoms with Gasteiger partial charge in [0, 0.05) is 12.5 Å². The zero-order chi connectivity index (χ0) is 17.2. The summed E-state index contributed by atoms with van der Waals surface area (Å²) in [6.07, 6.45) is 2.09. The Morgan fingerprint density at radius 2 is 1.92 bits per heavy atom. The maximum Gasteiger partial charge on any atom is 0.239 e. The smallest absolute Gasteiger partial charge is 0.239 e. The zero-order valence-electron chi connectivity index (χ0n) is 14.1. The minimum Gasteiger partial charge on any atom is -0.368 e. The fourth-order valence-corrected chi connectivity index (χ4v) is 3.82. The third-order valence-electron chi connectivity index (χ3n) is 5.00. The predicted molar refractivity (Wildman–Crippen MR) is 98.0 cm³/mol. The Morgan fingerprint density at radius 3 is 2.68 bits per heavy atom. The molecule has 3 aromatic rings. The van der Waals surface area contributed by atoms with Gasteiger partial charge in [0.15, 0.2) is 0 Å². The maximum atomic E-state index is 12.1. The van der Waals surface area contributed by atoms with Crippen LogP contribution in [0.2, 0.25) is 0 Å². The molecule has 0 saturated carbocycles. The Bertz CT molecular complexity index is 841. The van der Waals surface area contributed by atoms with Crippen LogP contribution in [0.5, 0.6) is 0 Å². The van der Waals surface area contributed by atoms with Crippen LogP contribution in [0.3, 0.4) is 0 Å². The lowest BCUT2D eigenvalue weighted by molar-refractivity contribution is -0.124. The number of rotatable bonds is 4. The summed E-state index contributed by atoms with van der Waals surface area (Å²) >= 11 is 0. The van der Waals surface area contributed by atoms with E-state index in [1.807, 2.05) is 54.6 Å². The average Bonchev–Trinajstić information content (AvgIpc) is 3.07. The lowest BCUT2D eigenvalue weighted by atomic mass is 9.94. The number of hydrogen-bond donors (Lipinski definition) is 2. The van der Waals surface area contributed by atoms with Crippen molar-refractivity contribution in [2.24, 2.45) is 5.73 Å². The number of fused-ring (bicyclic) bond motifs is 1. The molecule has 2 aromatic carbocycles. The fourth-order valence-electron chi connectivity index (χ4n) is 3.82. The van der Waals surface area contributed by atoms with Crippen molar-refractivity contribution in [2.75, 3.05) is 13.1 Å². The van der Waals surface area contributed by atoms with E-state index >= 15 is 0 Å². The number of nitrogens with one attached hydrogen (secondary N) is 1. The molecule has 0 radical (unpaired) electrons. The van der Waals surface area contributed by atoms with Crippen LogP contribution in [0, 0.1) is 0 Å². The molecule has 2 heterocycles. The van der Waals surface area contributed by atoms with Crippen molar-refractivity contribution in [1.82, 2.24) is 14.9 Å². The minimum atomic E-state index is -0.381. The van der Waals surface area contributed by atoms with Crippen LogP contribution in [0.1, 0.15) is 36.2 Å². The van der Waals surface area contributed by atoms with Gasteiger partial charge in [-0.05, 0) is 37.1 Å². The number of piperidine rings is 1. The van der Waals surface area contributed by atoms with Crippen molar-refractivity contribution in [3.05, 3.63) is 66.0 Å². The molecule has 1 amide bonds. The van der Waals surface area contributed by atoms with Gasteiger partial charge in [-0.25, -0.2) is 4.98 Å². The van der Waals surface area contributed by atoms with Crippen molar-refractivity contribution in [2.45, 2.75) is 24.8 Å². The summed E-state index contributed by atoms with van der Waals surface area (Å²) in [5, 5.41) is 0. The molecule has 0 aliphatic carbocycles. The summed E-state index contributed by atoms with van der Waals surface area (Å²) in [6, 6.07) is 17.5. The van der Waals surface area contributed by atoms with E-state index in [-0.39, 0.29) is 17.9 Å². The third-order valence-corrected chi connectivity index (χ3v) is 5.00. The Hall–Kier alpha value is -2.66. The standard InChI is InChI=1S/C20H22N4O/c21-19(25)18(14-7-2-1-3-8-14)24-12-6-9-15(13-24)20-22-16-10-4-5-11-17(16)23-20/h1-5,7-8,10-11,15,18H,6,9,12-13H2,(H2,21,25)(H,22,23)/t15-,18+/m0/s1. The van der Waals surface area contributed by atoms with Gasteiger partial charge in [-0.3, -0.25) is 9.69 Å². The highest BCUT2D eigenvalue weighted by atomic mass is 16.1. The number of likely N-dealkylation sites (tertiary alicyclic amines) is 1. The predicted octanol–water partition coefficient (Wildman–Crippen LogP) is 2.97. The van der Waals surface area contributed by atoms with Gasteiger partial charge in [0.2, 0.25) is 5.91 Å². The first-order valence-electron chi connectivity index (χ1n) is 8.75. The van der Waals surface area contributed by atoms with E-state index in [4.69, 9.17) is 10.7 Å². The summed E-state index contributed by atoms with van der Waals surface area (Å²) in [5.41, 5.74) is 8.75. The highest BCUT2D eigenvalue weighted by Gasteiger charge is 2.32. The van der Waals surface area contributed by atoms with Crippen LogP contribution < -0.4 is 5.73 Å². The molecule has 1 fully saturated rings. The van der Waals surface area contributed by atoms with Crippen molar-refractivity contribution in [3.63, 3.8) is 0 Å². The summed E-state index contributed by atoms with van der Waals surface area (Å²) < 4.78 is 0. The molecule has 1 aromatic heterocycles. The van der Waals surface area contributed by atoms with Gasteiger partial charge >= 0.3 is 0 Å². The maximum absolute atomic E-state index is 12.1. The number of H-pyrrole nitrogens is 1. The number of imidazole rings is 1. The van der Waals surface area contributed by atoms with Gasteiger partial charge in [-0.1, -0.05) is 42.5 Å². The molecule has 25 heavy (non-hydrogen) atoms. The molecule has 3 N–H and O–H groups in total. The van der Waals surface area contributed by atoms with E-state index < -0.39 is 0 Å². The highest BCUT2D eigenvalue weighted by molar-refractivity contribution is 5.81. The van der Waals surface area contributed by atoms with E-state index in [0.717, 1.165) is 48.4 Å². The molecule has 128 valence electrons. The number of aromatic amines is 1. The summed E-state index contributed by atoms with van der Waals surface area (Å²) in [5.74, 6) is 0.991. The van der Waals surface area contributed by atoms with Gasteiger partial charge in [-0.2, -0.15) is 0 Å². The van der Waals surface area contributed by atoms with E-state index in [1.165, 1.54) is 0 Å². The van der Waals surface area contributed by atoms with Gasteiger partial charge < -0.3 is 10.7 Å². The highest BCUT2D eigenvalue weighted by Crippen LogP contribution is 2.31. The normalized spacial score (nSPS) is 19.8. The van der Waals surface area contributed by atoms with Crippen LogP contribution in [0.15, 0.2) is 54.6 Å². The number of nitrogens with two attached hydrogens (primary N) is 1. The van der Waals surface area contributed by atoms with Gasteiger partial charge in [-0.15, -0.1) is 0 Å². The first-order chi connectivity index (χ1) is 12.2. The number of benzene rings is 2. The number of carbonyl (C=O) groups is 1. The molecular weight excluding hydrogens is 312 g/mol. The van der Waals surface area contributed by atoms with Gasteiger partial charge in [0.1, 0.15) is 11.9 Å². The second kappa shape index (κ2) is 6.69. The Labute approximate surface area is 146 Å². The number of para-hydroxylation sites is 2. The largest absolute Gasteiger partial charge is 0.368 e. The van der Waals surface area contributed by atoms with Crippen LogP contribution in [-0.2, 0) is 4.79 Å². The van der Waals surface area contributed by atoms with Crippen LogP contribution in [0.25, 0.3) is 11.0 Å². The SMILES string of the molecule is NC(=O)[C@@H](c1ccccc1)N1CCC[C@H](c2nc3ccccc3[nH]2)C1. The molecule has 1 aliphatic rings. The van der Waals surface area contributed by atoms with Crippen molar-refractivity contribution in [3.8, 4) is 0 Å². The molecular formula is C20H22N4O. The molecule has 1 aliphatic heterocycles. The average molecular weight is 334 g/mol. The monoisotopic (exact) mass is 334 g/mol. The second-order valence-corrected chi connectivity index (χ2v) is 6.69. The van der Waals surface area contributed by atoms with E-state index in [1.54, 1.807) is 0 Å². The molecule has 0 bridgehead atoms. The van der Waals surface area contributed by atoms with Crippen LogP contribution in [-0.4, -0.2) is 33.9 Å². The molecule has 1 saturated heterocycles. The molecule has 5 heteroatoms. The van der Waals surface area contributed by atoms with Crippen molar-refractivity contribution in [1.29, 1.82) is 0 Å². The van der Waals surface area contributed by atoms with Crippen molar-refractivity contribution < 1.29 is 4.79 Å². The van der Waals surface area contributed by atoms with Crippen LogP contribution >= 0.6 is 0 Å². The lowest BCUT2D eigenvalue weighted by Gasteiger charge is -2.36. The second-order valence-electron chi connectivity index (χ2n) is 6.69. The molecule has 0 unspecified atom stereocenters. The number of aromatic nitrogens is 2. The first kappa shape index (κ1) is 15.8. The Morgan fingerprint density at radius 1 is 1.16 bits per heavy atom. The minimum absolute atomic E-state index is 0.284. The van der Waals surface area contributed by atoms with E-state index in [9.17, 15) is 4.79 Å². The first-order valence-corrected chi connectivity index (χ1v) is 8.75.